The van der Waals surface area contributed by atoms with Gasteiger partial charge in [0.1, 0.15) is 11.9 Å². The first kappa shape index (κ1) is 33.5. The summed E-state index contributed by atoms with van der Waals surface area (Å²) in [6.07, 6.45) is 16.2. The number of phenols is 1. The quantitative estimate of drug-likeness (QED) is 0.217. The van der Waals surface area contributed by atoms with Crippen LogP contribution in [0.2, 0.25) is 0 Å². The number of hydrogen-bond donors (Lipinski definition) is 2. The zero-order chi connectivity index (χ0) is 32.1. The minimum atomic E-state index is -0.953. The van der Waals surface area contributed by atoms with Crippen LogP contribution in [-0.4, -0.2) is 46.4 Å². The van der Waals surface area contributed by atoms with E-state index in [1.54, 1.807) is 6.07 Å². The highest BCUT2D eigenvalue weighted by molar-refractivity contribution is 5.76. The number of aryl methyl sites for hydroxylation is 1. The fraction of sp³-hybridized carbons (Fsp3) is 0.683. The van der Waals surface area contributed by atoms with E-state index in [0.717, 1.165) is 88.4 Å². The Bertz CT molecular complexity index is 1280. The monoisotopic (exact) mass is 631 g/mol. The zero-order valence-corrected chi connectivity index (χ0v) is 28.2. The number of alkyl halides is 1. The Morgan fingerprint density at radius 1 is 0.957 bits per heavy atom. The van der Waals surface area contributed by atoms with Crippen LogP contribution in [0.15, 0.2) is 48.5 Å². The molecule has 2 aromatic rings. The molecule has 0 aliphatic heterocycles. The number of aliphatic hydroxyl groups is 1. The number of hydrogen-bond acceptors (Lipinski definition) is 3. The van der Waals surface area contributed by atoms with E-state index in [0.29, 0.717) is 36.5 Å². The molecule has 1 amide bonds. The number of phenolic OH excluding ortho intramolecular Hbond substituents is 1. The lowest BCUT2D eigenvalue weighted by molar-refractivity contribution is -0.132. The van der Waals surface area contributed by atoms with Crippen LogP contribution in [0.3, 0.4) is 0 Å². The third-order valence-electron chi connectivity index (χ3n) is 12.8. The molecule has 5 heteroatoms. The molecule has 46 heavy (non-hydrogen) atoms. The molecule has 3 fully saturated rings. The van der Waals surface area contributed by atoms with Crippen LogP contribution in [0.4, 0.5) is 4.39 Å². The van der Waals surface area contributed by atoms with Gasteiger partial charge in [-0.25, -0.2) is 4.39 Å². The number of amides is 1. The predicted molar refractivity (Wildman–Crippen MR) is 184 cm³/mol. The summed E-state index contributed by atoms with van der Waals surface area (Å²) in [5, 5.41) is 21.2. The van der Waals surface area contributed by atoms with Gasteiger partial charge in [-0.2, -0.15) is 0 Å². The van der Waals surface area contributed by atoms with Crippen LogP contribution in [0.25, 0.3) is 0 Å². The van der Waals surface area contributed by atoms with Crippen LogP contribution in [0.1, 0.15) is 126 Å². The Kier molecular flexibility index (Phi) is 11.1. The largest absolute Gasteiger partial charge is 0.508 e. The number of aliphatic hydroxyl groups excluding tert-OH is 1. The molecule has 0 aromatic heterocycles. The summed E-state index contributed by atoms with van der Waals surface area (Å²) in [7, 11) is 0. The van der Waals surface area contributed by atoms with Crippen LogP contribution in [0, 0.1) is 29.1 Å². The van der Waals surface area contributed by atoms with Gasteiger partial charge in [-0.3, -0.25) is 4.79 Å². The number of rotatable bonds is 13. The molecular formula is C41H58FNO3. The Hall–Kier alpha value is -2.40. The normalized spacial score (nSPS) is 30.8. The highest BCUT2D eigenvalue weighted by atomic mass is 19.1. The molecule has 3 saturated carbocycles. The Morgan fingerprint density at radius 3 is 2.54 bits per heavy atom. The zero-order valence-electron chi connectivity index (χ0n) is 28.2. The molecule has 2 aromatic carbocycles. The van der Waals surface area contributed by atoms with Gasteiger partial charge in [-0.1, -0.05) is 81.8 Å². The minimum Gasteiger partial charge on any atom is -0.508 e. The molecule has 0 saturated heterocycles. The van der Waals surface area contributed by atoms with Crippen molar-refractivity contribution >= 4 is 5.91 Å². The molecule has 2 N–H and O–H groups in total. The number of benzene rings is 2. The number of carbonyl (C=O) groups excluding carboxylic acids is 1. The van der Waals surface area contributed by atoms with E-state index < -0.39 is 12.3 Å². The average molecular weight is 632 g/mol. The maximum absolute atomic E-state index is 16.1. The molecule has 6 rings (SSSR count). The van der Waals surface area contributed by atoms with E-state index in [1.807, 2.05) is 18.2 Å². The van der Waals surface area contributed by atoms with Crippen molar-refractivity contribution in [3.63, 3.8) is 0 Å². The van der Waals surface area contributed by atoms with Gasteiger partial charge in [0.15, 0.2) is 0 Å². The van der Waals surface area contributed by atoms with Gasteiger partial charge < -0.3 is 15.1 Å². The molecule has 0 heterocycles. The second-order valence-electron chi connectivity index (χ2n) is 15.8. The van der Waals surface area contributed by atoms with Gasteiger partial charge in [0.05, 0.1) is 6.10 Å². The third-order valence-corrected chi connectivity index (χ3v) is 12.8. The van der Waals surface area contributed by atoms with Crippen LogP contribution < -0.4 is 0 Å². The van der Waals surface area contributed by atoms with Crippen LogP contribution in [-0.2, 0) is 17.6 Å². The highest BCUT2D eigenvalue weighted by Crippen LogP contribution is 2.63. The first-order chi connectivity index (χ1) is 22.3. The Labute approximate surface area is 277 Å². The fourth-order valence-electron chi connectivity index (χ4n) is 10.3. The summed E-state index contributed by atoms with van der Waals surface area (Å²) >= 11 is 0. The highest BCUT2D eigenvalue weighted by Gasteiger charge is 2.59. The van der Waals surface area contributed by atoms with E-state index in [1.165, 1.54) is 37.7 Å². The van der Waals surface area contributed by atoms with Gasteiger partial charge in [0.25, 0.3) is 0 Å². The molecule has 0 unspecified atom stereocenters. The lowest BCUT2D eigenvalue weighted by atomic mass is 9.51. The second kappa shape index (κ2) is 15.2. The van der Waals surface area contributed by atoms with Crippen molar-refractivity contribution in [2.24, 2.45) is 29.1 Å². The van der Waals surface area contributed by atoms with E-state index in [9.17, 15) is 15.0 Å². The molecule has 4 aliphatic rings. The molecule has 0 bridgehead atoms. The third kappa shape index (κ3) is 7.50. The number of nitrogens with zero attached hydrogens (tertiary/aromatic N) is 1. The lowest BCUT2D eigenvalue weighted by Gasteiger charge is -2.54. The minimum absolute atomic E-state index is 0.126. The lowest BCUT2D eigenvalue weighted by Crippen LogP contribution is -2.51. The summed E-state index contributed by atoms with van der Waals surface area (Å²) in [6.45, 7) is 3.94. The number of fused-ring (bicyclic) bond motifs is 5. The van der Waals surface area contributed by atoms with Crippen molar-refractivity contribution in [2.75, 3.05) is 13.1 Å². The summed E-state index contributed by atoms with van der Waals surface area (Å²) in [4.78, 5) is 15.6. The van der Waals surface area contributed by atoms with Crippen molar-refractivity contribution in [1.82, 2.24) is 4.90 Å². The predicted octanol–water partition coefficient (Wildman–Crippen LogP) is 9.17. The van der Waals surface area contributed by atoms with Crippen molar-refractivity contribution in [3.8, 4) is 5.75 Å². The molecule has 0 radical (unpaired) electrons. The molecule has 4 nitrogen and oxygen atoms in total. The second-order valence-corrected chi connectivity index (χ2v) is 15.8. The molecule has 252 valence electrons. The molecule has 7 atom stereocenters. The van der Waals surface area contributed by atoms with Gasteiger partial charge in [0.2, 0.25) is 5.91 Å². The summed E-state index contributed by atoms with van der Waals surface area (Å²) in [5.41, 5.74) is 3.20. The fourth-order valence-corrected chi connectivity index (χ4v) is 10.3. The maximum atomic E-state index is 16.1. The number of aromatic hydroxyl groups is 1. The topological polar surface area (TPSA) is 60.8 Å². The summed E-state index contributed by atoms with van der Waals surface area (Å²) in [6, 6.07) is 16.1. The van der Waals surface area contributed by atoms with E-state index in [2.05, 4.69) is 36.1 Å². The summed E-state index contributed by atoms with van der Waals surface area (Å²) < 4.78 is 16.1. The van der Waals surface area contributed by atoms with E-state index >= 15 is 4.39 Å². The average Bonchev–Trinajstić information content (AvgIpc) is 3.35. The first-order valence-electron chi connectivity index (χ1n) is 18.8. The number of carbonyl (C=O) groups is 1. The molecule has 0 spiro atoms. The van der Waals surface area contributed by atoms with Gasteiger partial charge in [0, 0.05) is 25.4 Å². The molecular weight excluding hydrogens is 573 g/mol. The summed E-state index contributed by atoms with van der Waals surface area (Å²) in [5.74, 6) is 2.12. The van der Waals surface area contributed by atoms with Gasteiger partial charge in [-0.05, 0) is 122 Å². The SMILES string of the molecule is C[C@]12C[C@H](F)[C@@H]3c4ccc(O)cc4C[C@@H](CCCCCCN(CC4CCCCC4)C(=O)CCCc4ccccc4)[C@H]3[C@@H]1CC[C@@H]2O. The van der Waals surface area contributed by atoms with E-state index in [-0.39, 0.29) is 23.0 Å². The van der Waals surface area contributed by atoms with Crippen molar-refractivity contribution in [1.29, 1.82) is 0 Å². The standard InChI is InChI=1S/C41H58FNO3/c1-41-27-36(42)40-34-21-20-33(44)26-32(34)25-31(39(40)35(41)22-23-37(41)45)18-10-2-3-11-24-43(28-30-15-8-5-9-16-30)38(46)19-12-17-29-13-6-4-7-14-29/h4,6-7,13-14,20-21,26,30-31,35-37,39-40,44-45H,2-3,5,8-12,15-19,22-25,27-28H2,1H3/t31-,35+,36+,37+,39+,40+,41+/m1/s1. The van der Waals surface area contributed by atoms with Crippen molar-refractivity contribution in [3.05, 3.63) is 65.2 Å². The first-order valence-corrected chi connectivity index (χ1v) is 18.8. The van der Waals surface area contributed by atoms with Gasteiger partial charge in [-0.15, -0.1) is 0 Å². The van der Waals surface area contributed by atoms with Gasteiger partial charge >= 0.3 is 0 Å². The Morgan fingerprint density at radius 2 is 1.74 bits per heavy atom. The number of halogens is 1. The van der Waals surface area contributed by atoms with Crippen LogP contribution >= 0.6 is 0 Å². The van der Waals surface area contributed by atoms with Crippen molar-refractivity contribution < 1.29 is 19.4 Å². The smallest absolute Gasteiger partial charge is 0.222 e. The maximum Gasteiger partial charge on any atom is 0.222 e. The van der Waals surface area contributed by atoms with Crippen LogP contribution in [0.5, 0.6) is 5.75 Å². The number of unbranched alkanes of at least 4 members (excludes halogenated alkanes) is 3. The van der Waals surface area contributed by atoms with E-state index in [4.69, 9.17) is 0 Å². The molecule has 4 aliphatic carbocycles. The Balaban J connectivity index is 1.03. The van der Waals surface area contributed by atoms with Crippen molar-refractivity contribution in [2.45, 2.75) is 134 Å².